The van der Waals surface area contributed by atoms with Gasteiger partial charge in [0.05, 0.1) is 29.4 Å². The highest BCUT2D eigenvalue weighted by Crippen LogP contribution is 2.55. The Balaban J connectivity index is 1.33. The van der Waals surface area contributed by atoms with Crippen molar-refractivity contribution in [1.29, 1.82) is 0 Å². The zero-order valence-electron chi connectivity index (χ0n) is 22.0. The maximum Gasteiger partial charge on any atom is 0.245 e. The minimum Gasteiger partial charge on any atom is -0.487 e. The van der Waals surface area contributed by atoms with E-state index in [2.05, 4.69) is 40.5 Å². The van der Waals surface area contributed by atoms with Gasteiger partial charge in [-0.2, -0.15) is 10.2 Å². The molecule has 2 aromatic heterocycles. The van der Waals surface area contributed by atoms with Crippen LogP contribution in [0.2, 0.25) is 5.02 Å². The fraction of sp³-hybridized carbons (Fsp3) is 0.367. The van der Waals surface area contributed by atoms with Gasteiger partial charge in [-0.05, 0) is 56.0 Å². The fourth-order valence-electron chi connectivity index (χ4n) is 6.79. The Morgan fingerprint density at radius 2 is 2.08 bits per heavy atom. The molecule has 2 aliphatic heterocycles. The van der Waals surface area contributed by atoms with E-state index in [0.717, 1.165) is 81.8 Å². The predicted molar refractivity (Wildman–Crippen MR) is 150 cm³/mol. The predicted octanol–water partition coefficient (Wildman–Crippen LogP) is 5.01. The highest BCUT2D eigenvalue weighted by molar-refractivity contribution is 6.36. The highest BCUT2D eigenvalue weighted by atomic mass is 35.5. The summed E-state index contributed by atoms with van der Waals surface area (Å²) in [5, 5.41) is 23.9. The van der Waals surface area contributed by atoms with E-state index in [1.807, 2.05) is 30.2 Å². The summed E-state index contributed by atoms with van der Waals surface area (Å²) in [4.78, 5) is 13.9. The number of ether oxygens (including phenoxy) is 1. The molecule has 2 aromatic carbocycles. The second-order valence-electron chi connectivity index (χ2n) is 11.4. The van der Waals surface area contributed by atoms with Crippen molar-refractivity contribution >= 4 is 28.4 Å². The molecule has 1 amide bonds. The number of aliphatic hydroxyl groups is 1. The molecule has 1 unspecified atom stereocenters. The Bertz CT molecular complexity index is 1660. The van der Waals surface area contributed by atoms with Crippen LogP contribution in [-0.2, 0) is 11.2 Å². The Morgan fingerprint density at radius 1 is 1.28 bits per heavy atom. The highest BCUT2D eigenvalue weighted by Gasteiger charge is 2.54. The number of H-pyrrole nitrogens is 1. The topological polar surface area (TPSA) is 96.3 Å². The number of aromatic amines is 1. The van der Waals surface area contributed by atoms with Gasteiger partial charge in [-0.25, -0.2) is 0 Å². The van der Waals surface area contributed by atoms with Crippen LogP contribution >= 0.6 is 11.6 Å². The first-order valence-electron chi connectivity index (χ1n) is 13.3. The van der Waals surface area contributed by atoms with Gasteiger partial charge in [-0.1, -0.05) is 30.3 Å². The molecule has 2 N–H and O–H groups in total. The van der Waals surface area contributed by atoms with Crippen LogP contribution in [0.25, 0.3) is 33.3 Å². The molecular weight excluding hydrogens is 514 g/mol. The Hall–Kier alpha value is -3.62. The van der Waals surface area contributed by atoms with Gasteiger partial charge < -0.3 is 14.7 Å². The number of halogens is 1. The minimum atomic E-state index is -0.216. The quantitative estimate of drug-likeness (QED) is 0.345. The summed E-state index contributed by atoms with van der Waals surface area (Å²) in [6, 6.07) is 8.45. The van der Waals surface area contributed by atoms with E-state index in [-0.39, 0.29) is 30.1 Å². The van der Waals surface area contributed by atoms with Crippen LogP contribution < -0.4 is 4.74 Å². The van der Waals surface area contributed by atoms with Crippen LogP contribution in [0.3, 0.4) is 0 Å². The third-order valence-corrected chi connectivity index (χ3v) is 9.26. The number of fused-ring (bicyclic) bond motifs is 2. The fourth-order valence-corrected chi connectivity index (χ4v) is 7.04. The molecule has 0 bridgehead atoms. The second-order valence-corrected chi connectivity index (χ2v) is 11.8. The summed E-state index contributed by atoms with van der Waals surface area (Å²) < 4.78 is 8.16. The first-order chi connectivity index (χ1) is 18.8. The largest absolute Gasteiger partial charge is 0.487 e. The number of nitrogens with zero attached hydrogens (tertiary/aromatic N) is 4. The maximum absolute atomic E-state index is 12.0. The Morgan fingerprint density at radius 3 is 2.82 bits per heavy atom. The van der Waals surface area contributed by atoms with Crippen LogP contribution in [0.5, 0.6) is 5.75 Å². The van der Waals surface area contributed by atoms with Crippen molar-refractivity contribution < 1.29 is 14.6 Å². The molecule has 9 heteroatoms. The molecule has 200 valence electrons. The first kappa shape index (κ1) is 24.4. The molecule has 1 atom stereocenters. The summed E-state index contributed by atoms with van der Waals surface area (Å²) in [6.07, 6.45) is 5.65. The standard InChI is InChI=1S/C30H30ClN5O3/c1-4-25(38)35-14-30(15-35)10-20(11-30)36-17(3)26(27-22-12-32-33-23(22)7-16(2)28(27)31)29(34-36)19-6-5-18-8-21(13-37)39-24(18)9-19/h4-7,9,12,20-21,37H,1,8,10-11,13-15H2,2-3H3,(H,32,33). The van der Waals surface area contributed by atoms with E-state index >= 15 is 0 Å². The Labute approximate surface area is 231 Å². The number of rotatable bonds is 5. The van der Waals surface area contributed by atoms with Crippen LogP contribution in [0.15, 0.2) is 43.1 Å². The number of aromatic nitrogens is 4. The number of hydrogen-bond donors (Lipinski definition) is 2. The molecule has 3 aliphatic rings. The molecule has 0 radical (unpaired) electrons. The third-order valence-electron chi connectivity index (χ3n) is 8.77. The summed E-state index contributed by atoms with van der Waals surface area (Å²) in [5.41, 5.74) is 7.91. The van der Waals surface area contributed by atoms with Crippen molar-refractivity contribution in [2.24, 2.45) is 5.41 Å². The molecule has 1 saturated heterocycles. The van der Waals surface area contributed by atoms with Crippen molar-refractivity contribution in [1.82, 2.24) is 24.9 Å². The van der Waals surface area contributed by atoms with E-state index in [9.17, 15) is 9.90 Å². The van der Waals surface area contributed by atoms with E-state index in [0.29, 0.717) is 11.4 Å². The number of amides is 1. The number of likely N-dealkylation sites (tertiary alicyclic amines) is 1. The third kappa shape index (κ3) is 3.65. The van der Waals surface area contributed by atoms with Gasteiger partial charge in [0.25, 0.3) is 0 Å². The summed E-state index contributed by atoms with van der Waals surface area (Å²) in [5.74, 6) is 0.793. The average Bonchev–Trinajstić information content (AvgIpc) is 3.60. The van der Waals surface area contributed by atoms with Crippen molar-refractivity contribution in [2.45, 2.75) is 45.3 Å². The molecule has 4 heterocycles. The molecular formula is C30H30ClN5O3. The van der Waals surface area contributed by atoms with Gasteiger partial charge in [-0.15, -0.1) is 0 Å². The molecule has 2 fully saturated rings. The van der Waals surface area contributed by atoms with Crippen LogP contribution in [-0.4, -0.2) is 61.7 Å². The summed E-state index contributed by atoms with van der Waals surface area (Å²) in [6.45, 7) is 9.28. The Kier molecular flexibility index (Phi) is 5.44. The van der Waals surface area contributed by atoms with Crippen LogP contribution in [0.4, 0.5) is 0 Å². The summed E-state index contributed by atoms with van der Waals surface area (Å²) >= 11 is 7.02. The summed E-state index contributed by atoms with van der Waals surface area (Å²) in [7, 11) is 0. The number of carbonyl (C=O) groups is 1. The van der Waals surface area contributed by atoms with Gasteiger partial charge in [0, 0.05) is 52.7 Å². The molecule has 8 nitrogen and oxygen atoms in total. The monoisotopic (exact) mass is 543 g/mol. The molecule has 7 rings (SSSR count). The molecule has 1 aliphatic carbocycles. The number of carbonyl (C=O) groups excluding carboxylic acids is 1. The average molecular weight is 544 g/mol. The van der Waals surface area contributed by atoms with Crippen LogP contribution in [0.1, 0.15) is 35.7 Å². The lowest BCUT2D eigenvalue weighted by Crippen LogP contribution is -2.63. The minimum absolute atomic E-state index is 0.00408. The zero-order chi connectivity index (χ0) is 27.1. The molecule has 1 saturated carbocycles. The van der Waals surface area contributed by atoms with Crippen LogP contribution in [0, 0.1) is 19.3 Å². The number of nitrogens with one attached hydrogen (secondary N) is 1. The maximum atomic E-state index is 12.0. The lowest BCUT2D eigenvalue weighted by atomic mass is 9.60. The molecule has 1 spiro atoms. The van der Waals surface area contributed by atoms with Crippen molar-refractivity contribution in [3.05, 3.63) is 65.0 Å². The van der Waals surface area contributed by atoms with Crippen molar-refractivity contribution in [3.8, 4) is 28.1 Å². The van der Waals surface area contributed by atoms with E-state index in [1.165, 1.54) is 6.08 Å². The lowest BCUT2D eigenvalue weighted by molar-refractivity contribution is -0.149. The van der Waals surface area contributed by atoms with Gasteiger partial charge >= 0.3 is 0 Å². The molecule has 4 aromatic rings. The number of hydrogen-bond acceptors (Lipinski definition) is 5. The zero-order valence-corrected chi connectivity index (χ0v) is 22.8. The molecule has 39 heavy (non-hydrogen) atoms. The SMILES string of the molecule is C=CC(=O)N1CC2(CC(n3nc(-c4ccc5c(c4)OC(CO)C5)c(-c4c(Cl)c(C)cc5[nH]ncc45)c3C)C2)C1. The van der Waals surface area contributed by atoms with Crippen molar-refractivity contribution in [3.63, 3.8) is 0 Å². The normalized spacial score (nSPS) is 19.6. The first-order valence-corrected chi connectivity index (χ1v) is 13.7. The number of aliphatic hydroxyl groups excluding tert-OH is 1. The smallest absolute Gasteiger partial charge is 0.245 e. The van der Waals surface area contributed by atoms with Gasteiger partial charge in [0.2, 0.25) is 5.91 Å². The lowest BCUT2D eigenvalue weighted by Gasteiger charge is -2.58. The van der Waals surface area contributed by atoms with Gasteiger partial charge in [-0.3, -0.25) is 14.6 Å². The van der Waals surface area contributed by atoms with Crippen molar-refractivity contribution in [2.75, 3.05) is 19.7 Å². The van der Waals surface area contributed by atoms with E-state index < -0.39 is 0 Å². The second kappa shape index (κ2) is 8.69. The van der Waals surface area contributed by atoms with E-state index in [1.54, 1.807) is 0 Å². The van der Waals surface area contributed by atoms with E-state index in [4.69, 9.17) is 21.4 Å². The van der Waals surface area contributed by atoms with Gasteiger partial charge in [0.1, 0.15) is 17.5 Å². The van der Waals surface area contributed by atoms with Gasteiger partial charge in [0.15, 0.2) is 0 Å². The number of aryl methyl sites for hydroxylation is 1. The number of benzene rings is 2.